The molecule has 1 aromatic heterocycles. The molecule has 1 N–H and O–H groups in total. The van der Waals surface area contributed by atoms with Gasteiger partial charge in [-0.1, -0.05) is 0 Å². The second-order valence-corrected chi connectivity index (χ2v) is 5.26. The Balaban J connectivity index is 1.88. The van der Waals surface area contributed by atoms with Gasteiger partial charge in [0.1, 0.15) is 0 Å². The summed E-state index contributed by atoms with van der Waals surface area (Å²) in [5.74, 6) is 0.314. The number of nitrogens with zero attached hydrogens (tertiary/aromatic N) is 3. The summed E-state index contributed by atoms with van der Waals surface area (Å²) in [7, 11) is 0. The predicted molar refractivity (Wildman–Crippen MR) is 79.2 cm³/mol. The van der Waals surface area contributed by atoms with Gasteiger partial charge in [-0.05, 0) is 31.7 Å². The first-order chi connectivity index (χ1) is 10.1. The van der Waals surface area contributed by atoms with Crippen LogP contribution >= 0.6 is 0 Å². The van der Waals surface area contributed by atoms with Crippen molar-refractivity contribution in [2.75, 3.05) is 25.0 Å². The summed E-state index contributed by atoms with van der Waals surface area (Å²) in [5.41, 5.74) is 0.678. The molecule has 21 heavy (non-hydrogen) atoms. The fraction of sp³-hybridized carbons (Fsp3) is 0.571. The van der Waals surface area contributed by atoms with Crippen LogP contribution in [0.1, 0.15) is 31.2 Å². The number of aromatic nitrogens is 1. The van der Waals surface area contributed by atoms with Gasteiger partial charge < -0.3 is 10.2 Å². The summed E-state index contributed by atoms with van der Waals surface area (Å²) in [4.78, 5) is 28.4. The smallest absolute Gasteiger partial charge is 0.311 e. The quantitative estimate of drug-likeness (QED) is 0.663. The average molecular weight is 292 g/mol. The Hall–Kier alpha value is -2.18. The molecule has 0 aliphatic carbocycles. The van der Waals surface area contributed by atoms with E-state index in [1.165, 1.54) is 12.5 Å². The number of anilines is 1. The molecule has 2 heterocycles. The molecular weight excluding hydrogens is 272 g/mol. The van der Waals surface area contributed by atoms with Crippen LogP contribution in [0.4, 0.5) is 11.5 Å². The fourth-order valence-corrected chi connectivity index (χ4v) is 2.42. The summed E-state index contributed by atoms with van der Waals surface area (Å²) in [6.45, 7) is 3.75. The zero-order valence-electron chi connectivity index (χ0n) is 12.2. The SMILES string of the molecule is Cc1cnc(NCCC(=O)N2CCCCC2)c([N+](=O)[O-])c1. The van der Waals surface area contributed by atoms with Crippen molar-refractivity contribution in [2.24, 2.45) is 0 Å². The second kappa shape index (κ2) is 7.01. The van der Waals surface area contributed by atoms with Gasteiger partial charge in [-0.3, -0.25) is 14.9 Å². The average Bonchev–Trinajstić information content (AvgIpc) is 2.49. The van der Waals surface area contributed by atoms with Gasteiger partial charge in [0.15, 0.2) is 0 Å². The zero-order valence-corrected chi connectivity index (χ0v) is 12.2. The van der Waals surface area contributed by atoms with Gasteiger partial charge in [0.25, 0.3) is 0 Å². The molecule has 0 aromatic carbocycles. The van der Waals surface area contributed by atoms with Crippen molar-refractivity contribution in [3.05, 3.63) is 27.9 Å². The van der Waals surface area contributed by atoms with E-state index in [-0.39, 0.29) is 17.4 Å². The Morgan fingerprint density at radius 2 is 2.14 bits per heavy atom. The standard InChI is InChI=1S/C14H20N4O3/c1-11-9-12(18(20)21)14(16-10-11)15-6-5-13(19)17-7-3-2-4-8-17/h9-10H,2-8H2,1H3,(H,15,16). The minimum absolute atomic E-state index is 0.0552. The number of likely N-dealkylation sites (tertiary alicyclic amines) is 1. The van der Waals surface area contributed by atoms with Gasteiger partial charge in [-0.2, -0.15) is 0 Å². The first-order valence-electron chi connectivity index (χ1n) is 7.20. The van der Waals surface area contributed by atoms with E-state index in [9.17, 15) is 14.9 Å². The number of pyridine rings is 1. The maximum Gasteiger partial charge on any atom is 0.311 e. The van der Waals surface area contributed by atoms with Crippen LogP contribution in [0.2, 0.25) is 0 Å². The van der Waals surface area contributed by atoms with E-state index < -0.39 is 4.92 Å². The normalized spacial score (nSPS) is 14.8. The number of carbonyl (C=O) groups is 1. The molecule has 7 nitrogen and oxygen atoms in total. The number of nitrogens with one attached hydrogen (secondary N) is 1. The van der Waals surface area contributed by atoms with Crippen molar-refractivity contribution in [3.63, 3.8) is 0 Å². The number of aryl methyl sites for hydroxylation is 1. The Kier molecular flexibility index (Phi) is 5.08. The summed E-state index contributed by atoms with van der Waals surface area (Å²) in [6, 6.07) is 1.47. The third-order valence-corrected chi connectivity index (χ3v) is 3.54. The van der Waals surface area contributed by atoms with Crippen molar-refractivity contribution in [3.8, 4) is 0 Å². The molecule has 1 aliphatic heterocycles. The maximum absolute atomic E-state index is 12.0. The Morgan fingerprint density at radius 1 is 1.43 bits per heavy atom. The van der Waals surface area contributed by atoms with E-state index >= 15 is 0 Å². The fourth-order valence-electron chi connectivity index (χ4n) is 2.42. The number of hydrogen-bond acceptors (Lipinski definition) is 5. The molecule has 2 rings (SSSR count). The molecule has 0 bridgehead atoms. The van der Waals surface area contributed by atoms with Crippen LogP contribution in [0.3, 0.4) is 0 Å². The molecule has 0 atom stereocenters. The second-order valence-electron chi connectivity index (χ2n) is 5.26. The third-order valence-electron chi connectivity index (χ3n) is 3.54. The molecule has 1 aromatic rings. The third kappa shape index (κ3) is 4.14. The van der Waals surface area contributed by atoms with Gasteiger partial charge >= 0.3 is 5.69 Å². The highest BCUT2D eigenvalue weighted by Gasteiger charge is 2.18. The van der Waals surface area contributed by atoms with E-state index in [0.717, 1.165) is 31.5 Å². The Bertz CT molecular complexity index is 527. The number of hydrogen-bond donors (Lipinski definition) is 1. The highest BCUT2D eigenvalue weighted by atomic mass is 16.6. The summed E-state index contributed by atoms with van der Waals surface area (Å²) in [6.07, 6.45) is 5.20. The van der Waals surface area contributed by atoms with Crippen LogP contribution in [0, 0.1) is 17.0 Å². The number of carbonyl (C=O) groups excluding carboxylic acids is 1. The molecule has 0 spiro atoms. The van der Waals surface area contributed by atoms with Crippen LogP contribution in [0.5, 0.6) is 0 Å². The molecule has 1 fully saturated rings. The first-order valence-corrected chi connectivity index (χ1v) is 7.20. The number of nitro groups is 1. The van der Waals surface area contributed by atoms with E-state index in [0.29, 0.717) is 13.0 Å². The van der Waals surface area contributed by atoms with Crippen molar-refractivity contribution in [1.82, 2.24) is 9.88 Å². The molecule has 0 saturated carbocycles. The predicted octanol–water partition coefficient (Wildman–Crippen LogP) is 2.11. The van der Waals surface area contributed by atoms with Crippen molar-refractivity contribution < 1.29 is 9.72 Å². The van der Waals surface area contributed by atoms with Crippen LogP contribution in [-0.2, 0) is 4.79 Å². The van der Waals surface area contributed by atoms with Gasteiger partial charge in [0.2, 0.25) is 11.7 Å². The molecule has 114 valence electrons. The Morgan fingerprint density at radius 3 is 2.81 bits per heavy atom. The minimum Gasteiger partial charge on any atom is -0.364 e. The van der Waals surface area contributed by atoms with Crippen LogP contribution in [-0.4, -0.2) is 40.3 Å². The molecule has 0 unspecified atom stereocenters. The lowest BCUT2D eigenvalue weighted by Gasteiger charge is -2.26. The zero-order chi connectivity index (χ0) is 15.2. The molecular formula is C14H20N4O3. The topological polar surface area (TPSA) is 88.4 Å². The summed E-state index contributed by atoms with van der Waals surface area (Å²) < 4.78 is 0. The first kappa shape index (κ1) is 15.2. The van der Waals surface area contributed by atoms with Gasteiger partial charge in [0.05, 0.1) is 4.92 Å². The molecule has 1 amide bonds. The summed E-state index contributed by atoms with van der Waals surface area (Å²) >= 11 is 0. The number of amides is 1. The largest absolute Gasteiger partial charge is 0.364 e. The lowest BCUT2D eigenvalue weighted by Crippen LogP contribution is -2.36. The lowest BCUT2D eigenvalue weighted by molar-refractivity contribution is -0.384. The minimum atomic E-state index is -0.464. The van der Waals surface area contributed by atoms with E-state index in [4.69, 9.17) is 0 Å². The van der Waals surface area contributed by atoms with Gasteiger partial charge in [-0.25, -0.2) is 4.98 Å². The highest BCUT2D eigenvalue weighted by molar-refractivity contribution is 5.76. The Labute approximate surface area is 123 Å². The van der Waals surface area contributed by atoms with Gasteiger partial charge in [-0.15, -0.1) is 0 Å². The molecule has 7 heteroatoms. The lowest BCUT2D eigenvalue weighted by atomic mass is 10.1. The van der Waals surface area contributed by atoms with Gasteiger partial charge in [0, 0.05) is 38.3 Å². The summed E-state index contributed by atoms with van der Waals surface area (Å²) in [5, 5.41) is 13.9. The maximum atomic E-state index is 12.0. The number of piperidine rings is 1. The number of rotatable bonds is 5. The highest BCUT2D eigenvalue weighted by Crippen LogP contribution is 2.22. The molecule has 1 aliphatic rings. The molecule has 0 radical (unpaired) electrons. The molecule has 1 saturated heterocycles. The van der Waals surface area contributed by atoms with Crippen molar-refractivity contribution in [1.29, 1.82) is 0 Å². The van der Waals surface area contributed by atoms with Crippen LogP contribution < -0.4 is 5.32 Å². The van der Waals surface area contributed by atoms with Crippen LogP contribution in [0.25, 0.3) is 0 Å². The van der Waals surface area contributed by atoms with E-state index in [1.54, 1.807) is 13.1 Å². The van der Waals surface area contributed by atoms with Crippen LogP contribution in [0.15, 0.2) is 12.3 Å². The van der Waals surface area contributed by atoms with E-state index in [2.05, 4.69) is 10.3 Å². The van der Waals surface area contributed by atoms with Crippen molar-refractivity contribution >= 4 is 17.4 Å². The van der Waals surface area contributed by atoms with Crippen molar-refractivity contribution in [2.45, 2.75) is 32.6 Å². The van der Waals surface area contributed by atoms with E-state index in [1.807, 2.05) is 4.90 Å². The monoisotopic (exact) mass is 292 g/mol.